The molecule has 1 aliphatic rings. The van der Waals surface area contributed by atoms with Crippen LogP contribution in [0.3, 0.4) is 0 Å². The van der Waals surface area contributed by atoms with Gasteiger partial charge in [0.25, 0.3) is 0 Å². The van der Waals surface area contributed by atoms with E-state index in [1.54, 1.807) is 0 Å². The lowest BCUT2D eigenvalue weighted by molar-refractivity contribution is -0.123. The Kier molecular flexibility index (Phi) is 9.50. The third-order valence-corrected chi connectivity index (χ3v) is 3.11. The second-order valence-corrected chi connectivity index (χ2v) is 4.41. The zero-order valence-corrected chi connectivity index (χ0v) is 11.6. The summed E-state index contributed by atoms with van der Waals surface area (Å²) >= 11 is 0. The number of hydrogen-bond donors (Lipinski definition) is 2. The molecule has 0 spiro atoms. The van der Waals surface area contributed by atoms with Gasteiger partial charge >= 0.3 is 0 Å². The number of ether oxygens (including phenoxy) is 1. The third-order valence-electron chi connectivity index (χ3n) is 3.11. The number of rotatable bonds is 6. The highest BCUT2D eigenvalue weighted by atomic mass is 35.5. The van der Waals surface area contributed by atoms with Crippen molar-refractivity contribution in [3.05, 3.63) is 0 Å². The fourth-order valence-electron chi connectivity index (χ4n) is 2.06. The van der Waals surface area contributed by atoms with E-state index >= 15 is 0 Å². The minimum atomic E-state index is 0. The quantitative estimate of drug-likeness (QED) is 0.712. The van der Waals surface area contributed by atoms with Crippen LogP contribution in [0.2, 0.25) is 0 Å². The normalized spacial score (nSPS) is 21.4. The first kappa shape index (κ1) is 16.7. The van der Waals surface area contributed by atoms with Crippen molar-refractivity contribution in [3.8, 4) is 0 Å². The van der Waals surface area contributed by atoms with Gasteiger partial charge in [-0.25, -0.2) is 0 Å². The minimum Gasteiger partial charge on any atom is -0.381 e. The molecule has 1 saturated heterocycles. The molecule has 2 unspecified atom stereocenters. The van der Waals surface area contributed by atoms with Crippen LogP contribution in [-0.4, -0.2) is 38.3 Å². The molecule has 1 rings (SSSR count). The summed E-state index contributed by atoms with van der Waals surface area (Å²) in [7, 11) is 0. The average molecular weight is 265 g/mol. The van der Waals surface area contributed by atoms with Gasteiger partial charge in [-0.05, 0) is 45.7 Å². The summed E-state index contributed by atoms with van der Waals surface area (Å²) in [5, 5.41) is 6.41. The minimum absolute atomic E-state index is 0. The maximum atomic E-state index is 11.6. The van der Waals surface area contributed by atoms with Crippen molar-refractivity contribution in [3.63, 3.8) is 0 Å². The number of halogens is 1. The zero-order chi connectivity index (χ0) is 11.8. The molecule has 2 N–H and O–H groups in total. The Bertz CT molecular complexity index is 209. The summed E-state index contributed by atoms with van der Waals surface area (Å²) in [5.74, 6) is 0.677. The van der Waals surface area contributed by atoms with Crippen molar-refractivity contribution < 1.29 is 9.53 Å². The molecule has 0 aromatic rings. The number of amides is 1. The fraction of sp³-hybridized carbons (Fsp3) is 0.917. The second-order valence-electron chi connectivity index (χ2n) is 4.41. The molecule has 0 radical (unpaired) electrons. The van der Waals surface area contributed by atoms with E-state index in [1.165, 1.54) is 12.8 Å². The van der Waals surface area contributed by atoms with E-state index in [-0.39, 0.29) is 24.4 Å². The van der Waals surface area contributed by atoms with Crippen molar-refractivity contribution >= 4 is 18.3 Å². The Morgan fingerprint density at radius 3 is 2.94 bits per heavy atom. The van der Waals surface area contributed by atoms with E-state index in [9.17, 15) is 4.79 Å². The van der Waals surface area contributed by atoms with Gasteiger partial charge in [0.05, 0.1) is 6.61 Å². The van der Waals surface area contributed by atoms with Gasteiger partial charge in [-0.3, -0.25) is 4.79 Å². The molecule has 2 atom stereocenters. The van der Waals surface area contributed by atoms with Gasteiger partial charge in [0, 0.05) is 19.1 Å². The third kappa shape index (κ3) is 6.86. The van der Waals surface area contributed by atoms with Crippen molar-refractivity contribution in [2.75, 3.05) is 26.3 Å². The van der Waals surface area contributed by atoms with Crippen LogP contribution in [0, 0.1) is 5.92 Å². The molecular formula is C12H25ClN2O2. The Morgan fingerprint density at radius 2 is 2.35 bits per heavy atom. The Hall–Kier alpha value is -0.320. The highest BCUT2D eigenvalue weighted by molar-refractivity contribution is 5.85. The Labute approximate surface area is 110 Å². The van der Waals surface area contributed by atoms with Gasteiger partial charge in [-0.15, -0.1) is 12.4 Å². The van der Waals surface area contributed by atoms with Crippen molar-refractivity contribution in [2.24, 2.45) is 5.92 Å². The van der Waals surface area contributed by atoms with Crippen LogP contribution in [0.1, 0.15) is 33.1 Å². The van der Waals surface area contributed by atoms with Crippen molar-refractivity contribution in [1.29, 1.82) is 0 Å². The van der Waals surface area contributed by atoms with Crippen LogP contribution < -0.4 is 10.6 Å². The van der Waals surface area contributed by atoms with Crippen LogP contribution in [0.25, 0.3) is 0 Å². The van der Waals surface area contributed by atoms with E-state index in [4.69, 9.17) is 4.74 Å². The molecule has 5 heteroatoms. The molecule has 0 aromatic heterocycles. The van der Waals surface area contributed by atoms with Gasteiger partial charge in [0.2, 0.25) is 5.91 Å². The van der Waals surface area contributed by atoms with Crippen LogP contribution >= 0.6 is 12.4 Å². The summed E-state index contributed by atoms with van der Waals surface area (Å²) in [6, 6.07) is 0.266. The molecule has 0 bridgehead atoms. The van der Waals surface area contributed by atoms with E-state index in [1.807, 2.05) is 6.92 Å². The van der Waals surface area contributed by atoms with Crippen LogP contribution in [0.4, 0.5) is 0 Å². The Balaban J connectivity index is 0.00000256. The zero-order valence-electron chi connectivity index (χ0n) is 10.8. The van der Waals surface area contributed by atoms with E-state index in [0.29, 0.717) is 25.6 Å². The van der Waals surface area contributed by atoms with Crippen LogP contribution in [0.5, 0.6) is 0 Å². The summed E-state index contributed by atoms with van der Waals surface area (Å²) in [6.45, 7) is 7.37. The van der Waals surface area contributed by atoms with Crippen molar-refractivity contribution in [2.45, 2.75) is 39.2 Å². The van der Waals surface area contributed by atoms with Gasteiger partial charge in [-0.1, -0.05) is 0 Å². The smallest absolute Gasteiger partial charge is 0.222 e. The number of nitrogens with one attached hydrogen (secondary N) is 2. The molecule has 0 aromatic carbocycles. The summed E-state index contributed by atoms with van der Waals surface area (Å²) < 4.78 is 5.16. The maximum absolute atomic E-state index is 11.6. The summed E-state index contributed by atoms with van der Waals surface area (Å²) in [4.78, 5) is 11.6. The van der Waals surface area contributed by atoms with E-state index in [0.717, 1.165) is 13.1 Å². The van der Waals surface area contributed by atoms with Crippen LogP contribution in [-0.2, 0) is 9.53 Å². The van der Waals surface area contributed by atoms with E-state index in [2.05, 4.69) is 17.6 Å². The molecule has 102 valence electrons. The predicted molar refractivity (Wildman–Crippen MR) is 71.6 cm³/mol. The topological polar surface area (TPSA) is 50.4 Å². The van der Waals surface area contributed by atoms with E-state index < -0.39 is 0 Å². The first-order valence-corrected chi connectivity index (χ1v) is 6.32. The predicted octanol–water partition coefficient (Wildman–Crippen LogP) is 1.34. The number of hydrogen-bond acceptors (Lipinski definition) is 3. The first-order chi connectivity index (χ1) is 7.74. The molecule has 0 saturated carbocycles. The first-order valence-electron chi connectivity index (χ1n) is 6.32. The fourth-order valence-corrected chi connectivity index (χ4v) is 2.06. The number of carbonyl (C=O) groups is 1. The molecule has 17 heavy (non-hydrogen) atoms. The average Bonchev–Trinajstić information content (AvgIpc) is 2.30. The lowest BCUT2D eigenvalue weighted by atomic mass is 9.93. The lowest BCUT2D eigenvalue weighted by Gasteiger charge is -2.28. The lowest BCUT2D eigenvalue weighted by Crippen LogP contribution is -2.44. The molecule has 1 fully saturated rings. The SMILES string of the molecule is CCOCCC(=O)NC(C)C1CCCNC1.Cl. The van der Waals surface area contributed by atoms with Crippen molar-refractivity contribution in [1.82, 2.24) is 10.6 Å². The molecule has 0 aliphatic carbocycles. The molecule has 1 amide bonds. The molecule has 4 nitrogen and oxygen atoms in total. The van der Waals surface area contributed by atoms with Crippen LogP contribution in [0.15, 0.2) is 0 Å². The molecular weight excluding hydrogens is 240 g/mol. The largest absolute Gasteiger partial charge is 0.381 e. The number of piperidine rings is 1. The van der Waals surface area contributed by atoms with Gasteiger partial charge in [-0.2, -0.15) is 0 Å². The molecule has 1 aliphatic heterocycles. The standard InChI is InChI=1S/C12H24N2O2.ClH/c1-3-16-8-6-12(15)14-10(2)11-5-4-7-13-9-11;/h10-11,13H,3-9H2,1-2H3,(H,14,15);1H. The molecule has 1 heterocycles. The second kappa shape index (κ2) is 9.68. The highest BCUT2D eigenvalue weighted by Crippen LogP contribution is 2.14. The number of carbonyl (C=O) groups excluding carboxylic acids is 1. The monoisotopic (exact) mass is 264 g/mol. The van der Waals surface area contributed by atoms with Gasteiger partial charge in [0.1, 0.15) is 0 Å². The summed E-state index contributed by atoms with van der Waals surface area (Å²) in [6.07, 6.45) is 2.89. The summed E-state index contributed by atoms with van der Waals surface area (Å²) in [5.41, 5.74) is 0. The highest BCUT2D eigenvalue weighted by Gasteiger charge is 2.20. The van der Waals surface area contributed by atoms with Gasteiger partial charge in [0.15, 0.2) is 0 Å². The maximum Gasteiger partial charge on any atom is 0.222 e. The van der Waals surface area contributed by atoms with Gasteiger partial charge < -0.3 is 15.4 Å². The Morgan fingerprint density at radius 1 is 1.59 bits per heavy atom.